The number of nitriles is 1. The summed E-state index contributed by atoms with van der Waals surface area (Å²) in [5.41, 5.74) is -0.655. The zero-order valence-electron chi connectivity index (χ0n) is 21.9. The lowest BCUT2D eigenvalue weighted by molar-refractivity contribution is -0.185. The molecule has 196 valence electrons. The summed E-state index contributed by atoms with van der Waals surface area (Å²) in [7, 11) is 1.85. The molecule has 5 rings (SSSR count). The first-order valence-corrected chi connectivity index (χ1v) is 13.5. The van der Waals surface area contributed by atoms with E-state index in [4.69, 9.17) is 4.74 Å². The van der Waals surface area contributed by atoms with Crippen LogP contribution in [0.15, 0.2) is 18.2 Å². The third-order valence-electron chi connectivity index (χ3n) is 8.54. The smallest absolute Gasteiger partial charge is 0.317 e. The van der Waals surface area contributed by atoms with Crippen LogP contribution in [-0.2, 0) is 39.6 Å². The van der Waals surface area contributed by atoms with Crippen LogP contribution in [-0.4, -0.2) is 32.1 Å². The molecule has 37 heavy (non-hydrogen) atoms. The molecule has 0 radical (unpaired) electrons. The van der Waals surface area contributed by atoms with Gasteiger partial charge in [0.2, 0.25) is 0 Å². The largest absolute Gasteiger partial charge is 0.458 e. The van der Waals surface area contributed by atoms with Gasteiger partial charge in [-0.1, -0.05) is 25.0 Å². The van der Waals surface area contributed by atoms with Crippen LogP contribution in [0.5, 0.6) is 0 Å². The minimum Gasteiger partial charge on any atom is -0.458 e. The van der Waals surface area contributed by atoms with Gasteiger partial charge in [0, 0.05) is 31.4 Å². The van der Waals surface area contributed by atoms with Gasteiger partial charge in [-0.3, -0.25) is 14.3 Å². The third kappa shape index (κ3) is 5.05. The van der Waals surface area contributed by atoms with Crippen molar-refractivity contribution in [2.24, 2.45) is 18.9 Å². The maximum atomic E-state index is 14.9. The number of carbonyl (C=O) groups is 2. The summed E-state index contributed by atoms with van der Waals surface area (Å²) in [5, 5.41) is 13.8. The van der Waals surface area contributed by atoms with Crippen LogP contribution in [0.4, 0.5) is 4.39 Å². The van der Waals surface area contributed by atoms with E-state index < -0.39 is 28.7 Å². The maximum Gasteiger partial charge on any atom is 0.317 e. The predicted molar refractivity (Wildman–Crippen MR) is 134 cm³/mol. The first-order valence-electron chi connectivity index (χ1n) is 13.5. The number of ether oxygens (including phenoxy) is 1. The lowest BCUT2D eigenvalue weighted by Crippen LogP contribution is -2.52. The first-order chi connectivity index (χ1) is 17.6. The van der Waals surface area contributed by atoms with Crippen molar-refractivity contribution in [3.8, 4) is 6.07 Å². The van der Waals surface area contributed by atoms with E-state index in [2.05, 4.69) is 16.2 Å². The first kappa shape index (κ1) is 25.6. The number of nitrogens with zero attached hydrogens (tertiary/aromatic N) is 4. The molecule has 1 aliphatic heterocycles. The van der Waals surface area contributed by atoms with Crippen molar-refractivity contribution in [3.05, 3.63) is 46.8 Å². The van der Waals surface area contributed by atoms with Crippen LogP contribution in [0.2, 0.25) is 0 Å². The van der Waals surface area contributed by atoms with Crippen molar-refractivity contribution in [2.75, 3.05) is 0 Å². The number of halogens is 1. The Morgan fingerprint density at radius 1 is 1.22 bits per heavy atom. The zero-order valence-corrected chi connectivity index (χ0v) is 21.9. The number of Topliss-reactive ketones (excluding diaryl/α,β-unsaturated/α-hetero) is 1. The number of cyclic esters (lactones) is 1. The second-order valence-corrected chi connectivity index (χ2v) is 11.7. The van der Waals surface area contributed by atoms with Gasteiger partial charge in [-0.25, -0.2) is 9.37 Å². The molecule has 1 aromatic heterocycles. The minimum absolute atomic E-state index is 0.110. The van der Waals surface area contributed by atoms with Crippen molar-refractivity contribution in [1.82, 2.24) is 14.8 Å². The Balaban J connectivity index is 1.32. The van der Waals surface area contributed by atoms with Gasteiger partial charge in [-0.15, -0.1) is 0 Å². The summed E-state index contributed by atoms with van der Waals surface area (Å²) >= 11 is 0. The summed E-state index contributed by atoms with van der Waals surface area (Å²) in [6, 6.07) is 7.11. The second kappa shape index (κ2) is 9.66. The topological polar surface area (TPSA) is 97.9 Å². The second-order valence-electron chi connectivity index (χ2n) is 11.7. The van der Waals surface area contributed by atoms with Gasteiger partial charge in [0.15, 0.2) is 11.6 Å². The Morgan fingerprint density at radius 3 is 2.57 bits per heavy atom. The molecule has 1 aromatic carbocycles. The summed E-state index contributed by atoms with van der Waals surface area (Å²) in [6.07, 6.45) is 7.44. The monoisotopic (exact) mass is 506 g/mol. The number of hydrogen-bond acceptors (Lipinski definition) is 6. The molecule has 0 amide bonds. The van der Waals surface area contributed by atoms with Gasteiger partial charge >= 0.3 is 5.97 Å². The van der Waals surface area contributed by atoms with Gasteiger partial charge in [0.05, 0.1) is 11.5 Å². The highest BCUT2D eigenvalue weighted by atomic mass is 19.1. The number of aryl methyl sites for hydroxylation is 2. The molecule has 3 fully saturated rings. The van der Waals surface area contributed by atoms with Crippen molar-refractivity contribution >= 4 is 11.8 Å². The molecule has 2 aliphatic carbocycles. The minimum atomic E-state index is -0.921. The van der Waals surface area contributed by atoms with Crippen LogP contribution in [0.3, 0.4) is 0 Å². The van der Waals surface area contributed by atoms with E-state index in [0.29, 0.717) is 30.1 Å². The fraction of sp³-hybridized carbons (Fsp3) is 0.621. The molecular formula is C29H35FN4O3. The number of hydrogen-bond donors (Lipinski definition) is 0. The zero-order chi connectivity index (χ0) is 26.4. The Kier molecular flexibility index (Phi) is 6.68. The van der Waals surface area contributed by atoms with Gasteiger partial charge in [0.25, 0.3) is 0 Å². The van der Waals surface area contributed by atoms with Crippen LogP contribution in [0, 0.1) is 29.0 Å². The molecule has 0 N–H and O–H groups in total. The predicted octanol–water partition coefficient (Wildman–Crippen LogP) is 4.87. The van der Waals surface area contributed by atoms with E-state index in [-0.39, 0.29) is 24.5 Å². The Labute approximate surface area is 217 Å². The third-order valence-corrected chi connectivity index (χ3v) is 8.54. The Morgan fingerprint density at radius 2 is 1.95 bits per heavy atom. The van der Waals surface area contributed by atoms with Gasteiger partial charge in [-0.05, 0) is 69.9 Å². The molecule has 7 nitrogen and oxygen atoms in total. The molecule has 2 aromatic rings. The fourth-order valence-corrected chi connectivity index (χ4v) is 6.13. The number of benzene rings is 1. The van der Waals surface area contributed by atoms with Crippen LogP contribution in [0.25, 0.3) is 0 Å². The maximum absolute atomic E-state index is 14.9. The van der Waals surface area contributed by atoms with Crippen LogP contribution >= 0.6 is 0 Å². The van der Waals surface area contributed by atoms with E-state index in [1.807, 2.05) is 13.1 Å². The molecule has 2 saturated carbocycles. The average Bonchev–Trinajstić information content (AvgIpc) is 3.39. The van der Waals surface area contributed by atoms with E-state index in [1.165, 1.54) is 6.07 Å². The van der Waals surface area contributed by atoms with Crippen molar-refractivity contribution < 1.29 is 18.7 Å². The van der Waals surface area contributed by atoms with E-state index in [0.717, 1.165) is 49.9 Å². The standard InChI is InChI=1S/C29H35FN4O3/c1-28(2,17-31)22-11-8-18(14-23(22)30)12-13-29(20-6-4-5-7-20)16-24(35)21(27(36)37-29)15-25-32-26(19-9-10-19)34(3)33-25/h8,11,14,19-21H,4-7,9-10,12-13,15-16H2,1-3H3. The molecule has 2 heterocycles. The molecule has 8 heteroatoms. The lowest BCUT2D eigenvalue weighted by atomic mass is 9.73. The van der Waals surface area contributed by atoms with E-state index >= 15 is 0 Å². The highest BCUT2D eigenvalue weighted by Crippen LogP contribution is 2.45. The van der Waals surface area contributed by atoms with Gasteiger partial charge in [0.1, 0.15) is 23.2 Å². The van der Waals surface area contributed by atoms with E-state index in [1.54, 1.807) is 24.6 Å². The van der Waals surface area contributed by atoms with Gasteiger partial charge < -0.3 is 4.74 Å². The Hall–Kier alpha value is -3.08. The molecule has 2 atom stereocenters. The molecule has 0 spiro atoms. The van der Waals surface area contributed by atoms with Crippen LogP contribution < -0.4 is 0 Å². The summed E-state index contributed by atoms with van der Waals surface area (Å²) in [6.45, 7) is 3.38. The summed E-state index contributed by atoms with van der Waals surface area (Å²) in [5.74, 6) is 0.102. The molecular weight excluding hydrogens is 471 g/mol. The molecule has 0 bridgehead atoms. The van der Waals surface area contributed by atoms with Gasteiger partial charge in [-0.2, -0.15) is 10.4 Å². The molecule has 3 aliphatic rings. The number of rotatable bonds is 8. The van der Waals surface area contributed by atoms with Crippen molar-refractivity contribution in [1.29, 1.82) is 5.26 Å². The highest BCUT2D eigenvalue weighted by Gasteiger charge is 2.51. The number of esters is 1. The van der Waals surface area contributed by atoms with E-state index in [9.17, 15) is 19.2 Å². The quantitative estimate of drug-likeness (QED) is 0.374. The lowest BCUT2D eigenvalue weighted by Gasteiger charge is -2.43. The average molecular weight is 507 g/mol. The number of carbonyl (C=O) groups excluding carboxylic acids is 2. The normalized spacial score (nSPS) is 24.8. The Bertz CT molecular complexity index is 1230. The highest BCUT2D eigenvalue weighted by molar-refractivity contribution is 6.01. The SMILES string of the molecule is Cn1nc(CC2C(=O)CC(CCc3ccc(C(C)(C)C#N)c(F)c3)(C3CCCC3)OC2=O)nc1C1CC1. The van der Waals surface area contributed by atoms with Crippen molar-refractivity contribution in [3.63, 3.8) is 0 Å². The number of ketones is 1. The molecule has 1 saturated heterocycles. The molecule has 2 unspecified atom stereocenters. The van der Waals surface area contributed by atoms with Crippen molar-refractivity contribution in [2.45, 2.75) is 95.0 Å². The summed E-state index contributed by atoms with van der Waals surface area (Å²) in [4.78, 5) is 31.3. The summed E-state index contributed by atoms with van der Waals surface area (Å²) < 4.78 is 22.8. The van der Waals surface area contributed by atoms with Crippen LogP contribution in [0.1, 0.15) is 93.9 Å². The number of aromatic nitrogens is 3. The fourth-order valence-electron chi connectivity index (χ4n) is 6.13.